The molecule has 2 aliphatic rings. The molecule has 44 heavy (non-hydrogen) atoms. The van der Waals surface area contributed by atoms with Crippen molar-refractivity contribution in [1.29, 1.82) is 0 Å². The van der Waals surface area contributed by atoms with Gasteiger partial charge in [0.25, 0.3) is 0 Å². The fourth-order valence-corrected chi connectivity index (χ4v) is 6.93. The van der Waals surface area contributed by atoms with E-state index in [1.807, 2.05) is 6.07 Å². The number of rotatable bonds is 3. The van der Waals surface area contributed by atoms with Crippen LogP contribution in [0.1, 0.15) is 81.8 Å². The van der Waals surface area contributed by atoms with Crippen molar-refractivity contribution in [2.24, 2.45) is 5.92 Å². The Labute approximate surface area is 284 Å². The molecule has 4 aromatic rings. The molecule has 0 aromatic heterocycles. The summed E-state index contributed by atoms with van der Waals surface area (Å²) in [6, 6.07) is 39.4. The molecule has 0 atom stereocenters. The van der Waals surface area contributed by atoms with Crippen LogP contribution in [0.5, 0.6) is 0 Å². The first-order valence-electron chi connectivity index (χ1n) is 15.9. The Bertz CT molecular complexity index is 1250. The Morgan fingerprint density at radius 1 is 0.659 bits per heavy atom. The van der Waals surface area contributed by atoms with Crippen molar-refractivity contribution in [2.75, 3.05) is 0 Å². The number of fused-ring (bicyclic) bond motifs is 3. The summed E-state index contributed by atoms with van der Waals surface area (Å²) in [4.78, 5) is 11.1. The van der Waals surface area contributed by atoms with Gasteiger partial charge in [0, 0.05) is 5.92 Å². The molecule has 0 spiro atoms. The second kappa shape index (κ2) is 22.4. The fraction of sp³-hybridized carbons (Fsp3) is 0.342. The number of carbonyl (C=O) groups excluding carboxylic acids is 1. The topological polar surface area (TPSA) is 40.9 Å². The third kappa shape index (κ3) is 13.9. The van der Waals surface area contributed by atoms with E-state index in [2.05, 4.69) is 103 Å². The zero-order chi connectivity index (χ0) is 31.2. The van der Waals surface area contributed by atoms with E-state index in [-0.39, 0.29) is 21.3 Å². The SMILES string of the molecule is [Cl][Ti][Cl].[NH-]C(=O)C1CCCCCCCCCCC1.[c-]1cccc2c1Cc1ccccc1-2.c1ccc([SiH]c2ccccc2)cc1. The van der Waals surface area contributed by atoms with Gasteiger partial charge in [0.1, 0.15) is 9.52 Å². The van der Waals surface area contributed by atoms with Crippen molar-refractivity contribution < 1.29 is 21.8 Å². The van der Waals surface area contributed by atoms with Crippen LogP contribution in [0.2, 0.25) is 0 Å². The van der Waals surface area contributed by atoms with Crippen molar-refractivity contribution in [1.82, 2.24) is 0 Å². The van der Waals surface area contributed by atoms with Gasteiger partial charge in [0.05, 0.1) is 5.91 Å². The van der Waals surface area contributed by atoms with Gasteiger partial charge in [0.15, 0.2) is 0 Å². The number of nitrogens with one attached hydrogen (secondary N) is 1. The molecule has 1 radical (unpaired) electrons. The molecular weight excluding hydrogens is 633 g/mol. The minimum absolute atomic E-state index is 0.0458. The first-order valence-corrected chi connectivity index (χ1v) is 21.3. The zero-order valence-corrected chi connectivity index (χ0v) is 29.8. The minimum atomic E-state index is -0.556. The van der Waals surface area contributed by atoms with Crippen LogP contribution < -0.4 is 10.4 Å². The average Bonchev–Trinajstić information content (AvgIpc) is 3.42. The van der Waals surface area contributed by atoms with Gasteiger partial charge >= 0.3 is 35.6 Å². The summed E-state index contributed by atoms with van der Waals surface area (Å²) in [5.41, 5.74) is 12.7. The zero-order valence-electron chi connectivity index (χ0n) is 25.6. The maximum absolute atomic E-state index is 11.1. The van der Waals surface area contributed by atoms with Crippen LogP contribution >= 0.6 is 18.6 Å². The third-order valence-corrected chi connectivity index (χ3v) is 9.46. The molecule has 0 heterocycles. The standard InChI is InChI=1S/C13H25NO.C13H9.C12H11Si.2ClH.Ti/c14-13(15)12-10-8-6-4-2-1-3-5-7-9-11-12;1-3-7-12-10(5-1)9-11-6-2-4-8-13(11)12;1-3-7-11(8-4-1)13-12-9-5-2-6-10-12;;;/h12H,1-11H2,(H2,14,15);1-5,7-8H,9H2;1-10,13H;2*1H;/q;-1;;;;+2/p-3. The van der Waals surface area contributed by atoms with E-state index in [9.17, 15) is 4.79 Å². The van der Waals surface area contributed by atoms with Crippen molar-refractivity contribution in [3.05, 3.63) is 126 Å². The van der Waals surface area contributed by atoms with Gasteiger partial charge in [-0.2, -0.15) is 29.8 Å². The van der Waals surface area contributed by atoms with Crippen LogP contribution in [0, 0.1) is 12.0 Å². The van der Waals surface area contributed by atoms with E-state index in [4.69, 9.17) is 24.3 Å². The normalized spacial score (nSPS) is 14.6. The molecule has 6 rings (SSSR count). The van der Waals surface area contributed by atoms with Gasteiger partial charge in [-0.1, -0.05) is 164 Å². The van der Waals surface area contributed by atoms with Crippen molar-refractivity contribution in [3.8, 4) is 11.1 Å². The second-order valence-corrected chi connectivity index (χ2v) is 15.5. The van der Waals surface area contributed by atoms with Crippen LogP contribution in [-0.2, 0) is 28.2 Å². The van der Waals surface area contributed by atoms with E-state index in [1.54, 1.807) is 0 Å². The third-order valence-electron chi connectivity index (χ3n) is 8.03. The Hall–Kier alpha value is -2.14. The molecule has 0 aliphatic heterocycles. The molecule has 231 valence electrons. The minimum Gasteiger partial charge on any atom is -0.668 e. The number of carbonyl (C=O) groups is 1. The van der Waals surface area contributed by atoms with Crippen LogP contribution in [0.15, 0.2) is 103 Å². The van der Waals surface area contributed by atoms with E-state index in [0.717, 1.165) is 32.1 Å². The van der Waals surface area contributed by atoms with Gasteiger partial charge < -0.3 is 10.5 Å². The Morgan fingerprint density at radius 2 is 1.11 bits per heavy atom. The van der Waals surface area contributed by atoms with Crippen LogP contribution in [0.4, 0.5) is 0 Å². The molecule has 0 unspecified atom stereocenters. The summed E-state index contributed by atoms with van der Waals surface area (Å²) in [5.74, 6) is -0.281. The van der Waals surface area contributed by atoms with E-state index in [1.165, 1.54) is 77.6 Å². The molecule has 0 saturated heterocycles. The molecule has 2 nitrogen and oxygen atoms in total. The molecule has 1 N–H and O–H groups in total. The number of amides is 1. The molecule has 1 saturated carbocycles. The summed E-state index contributed by atoms with van der Waals surface area (Å²) >= 11 is -0.556. The number of benzene rings is 4. The summed E-state index contributed by atoms with van der Waals surface area (Å²) in [6.07, 6.45) is 14.5. The van der Waals surface area contributed by atoms with Crippen LogP contribution in [0.3, 0.4) is 0 Å². The number of hydrogen-bond acceptors (Lipinski definition) is 1. The smallest absolute Gasteiger partial charge is 0.103 e. The molecule has 0 bridgehead atoms. The molecule has 6 heteroatoms. The predicted molar refractivity (Wildman–Crippen MR) is 188 cm³/mol. The Morgan fingerprint density at radius 3 is 1.64 bits per heavy atom. The quantitative estimate of drug-likeness (QED) is 0.138. The summed E-state index contributed by atoms with van der Waals surface area (Å²) < 4.78 is 0. The average molecular weight is 678 g/mol. The van der Waals surface area contributed by atoms with Crippen molar-refractivity contribution in [3.63, 3.8) is 0 Å². The predicted octanol–water partition coefficient (Wildman–Crippen LogP) is 9.99. The van der Waals surface area contributed by atoms with Gasteiger partial charge in [0.2, 0.25) is 0 Å². The first-order chi connectivity index (χ1) is 21.6. The molecule has 2 aliphatic carbocycles. The summed E-state index contributed by atoms with van der Waals surface area (Å²) in [7, 11) is 10.0. The second-order valence-electron chi connectivity index (χ2n) is 11.3. The van der Waals surface area contributed by atoms with E-state index < -0.39 is 17.0 Å². The van der Waals surface area contributed by atoms with Crippen molar-refractivity contribution >= 4 is 44.4 Å². The summed E-state index contributed by atoms with van der Waals surface area (Å²) in [6.45, 7) is 0. The van der Waals surface area contributed by atoms with E-state index in [0.29, 0.717) is 0 Å². The summed E-state index contributed by atoms with van der Waals surface area (Å²) in [5, 5.41) is 2.90. The Kier molecular flexibility index (Phi) is 18.5. The largest absolute Gasteiger partial charge is 0.668 e. The number of hydrogen-bond donors (Lipinski definition) is 0. The molecular formula is C38H44Cl2NOSiTi-2. The van der Waals surface area contributed by atoms with Crippen molar-refractivity contribution in [2.45, 2.75) is 77.0 Å². The molecule has 1 fully saturated rings. The van der Waals surface area contributed by atoms with Crippen LogP contribution in [-0.4, -0.2) is 15.4 Å². The molecule has 4 aromatic carbocycles. The Balaban J connectivity index is 0.000000173. The van der Waals surface area contributed by atoms with Gasteiger partial charge in [-0.15, -0.1) is 5.56 Å². The van der Waals surface area contributed by atoms with Crippen LogP contribution in [0.25, 0.3) is 16.9 Å². The van der Waals surface area contributed by atoms with Gasteiger partial charge in [-0.05, 0) is 19.3 Å². The van der Waals surface area contributed by atoms with Gasteiger partial charge in [-0.3, -0.25) is 0 Å². The van der Waals surface area contributed by atoms with E-state index >= 15 is 0 Å². The van der Waals surface area contributed by atoms with Gasteiger partial charge in [-0.25, -0.2) is 0 Å². The maximum atomic E-state index is 11.1. The first kappa shape index (κ1) is 36.3. The monoisotopic (exact) mass is 676 g/mol. The fourth-order valence-electron chi connectivity index (χ4n) is 5.71. The number of halogens is 2. The maximum Gasteiger partial charge on any atom is 0.103 e. The molecule has 1 amide bonds.